The fourth-order valence-corrected chi connectivity index (χ4v) is 2.19. The van der Waals surface area contributed by atoms with Gasteiger partial charge in [-0.25, -0.2) is 4.79 Å². The molecule has 1 aromatic rings. The fraction of sp³-hybridized carbons (Fsp3) is 0.417. The van der Waals surface area contributed by atoms with Gasteiger partial charge in [-0.3, -0.25) is 5.32 Å². The van der Waals surface area contributed by atoms with Gasteiger partial charge in [-0.2, -0.15) is 13.2 Å². The molecule has 106 valence electrons. The maximum Gasteiger partial charge on any atom is 0.416 e. The molecule has 0 aliphatic heterocycles. The highest BCUT2D eigenvalue weighted by Crippen LogP contribution is 2.35. The van der Waals surface area contributed by atoms with Crippen LogP contribution >= 0.6 is 22.6 Å². The van der Waals surface area contributed by atoms with Gasteiger partial charge in [0, 0.05) is 3.57 Å². The molecule has 0 atom stereocenters. The van der Waals surface area contributed by atoms with Gasteiger partial charge in [-0.1, -0.05) is 0 Å². The van der Waals surface area contributed by atoms with Gasteiger partial charge in [0.1, 0.15) is 0 Å². The summed E-state index contributed by atoms with van der Waals surface area (Å²) in [5.41, 5.74) is -0.573. The third-order valence-corrected chi connectivity index (χ3v) is 3.09. The van der Waals surface area contributed by atoms with E-state index < -0.39 is 17.8 Å². The lowest BCUT2D eigenvalue weighted by molar-refractivity contribution is -0.138. The van der Waals surface area contributed by atoms with E-state index in [4.69, 9.17) is 4.74 Å². The summed E-state index contributed by atoms with van der Waals surface area (Å²) in [6.45, 7) is 4.68. The number of carbonyl (C=O) groups is 1. The molecule has 0 radical (unpaired) electrons. The largest absolute Gasteiger partial charge is 0.447 e. The Bertz CT molecular complexity index is 487. The topological polar surface area (TPSA) is 38.3 Å². The molecule has 0 aromatic heterocycles. The molecule has 0 saturated carbocycles. The molecular formula is C12H13F3INO2. The molecule has 0 spiro atoms. The average Bonchev–Trinajstić information content (AvgIpc) is 2.18. The van der Waals surface area contributed by atoms with E-state index in [2.05, 4.69) is 5.32 Å². The average molecular weight is 387 g/mol. The van der Waals surface area contributed by atoms with E-state index in [0.717, 1.165) is 6.07 Å². The van der Waals surface area contributed by atoms with Gasteiger partial charge in [0.15, 0.2) is 0 Å². The van der Waals surface area contributed by atoms with Crippen LogP contribution in [-0.4, -0.2) is 12.2 Å². The fourth-order valence-electron chi connectivity index (χ4n) is 1.43. The van der Waals surface area contributed by atoms with Crippen LogP contribution in [0.25, 0.3) is 0 Å². The van der Waals surface area contributed by atoms with E-state index in [1.807, 2.05) is 22.6 Å². The summed E-state index contributed by atoms with van der Waals surface area (Å²) in [5.74, 6) is 0. The maximum atomic E-state index is 12.8. The first-order valence-electron chi connectivity index (χ1n) is 5.46. The Kier molecular flexibility index (Phi) is 5.05. The van der Waals surface area contributed by atoms with E-state index in [9.17, 15) is 18.0 Å². The van der Waals surface area contributed by atoms with E-state index in [-0.39, 0.29) is 17.4 Å². The number of alkyl halides is 3. The number of hydrogen-bond donors (Lipinski definition) is 1. The Morgan fingerprint density at radius 1 is 1.37 bits per heavy atom. The molecule has 0 bridgehead atoms. The predicted molar refractivity (Wildman–Crippen MR) is 74.1 cm³/mol. The molecule has 1 N–H and O–H groups in total. The van der Waals surface area contributed by atoms with Crippen molar-refractivity contribution in [2.24, 2.45) is 0 Å². The van der Waals surface area contributed by atoms with Crippen LogP contribution in [-0.2, 0) is 10.9 Å². The molecule has 7 heteroatoms. The summed E-state index contributed by atoms with van der Waals surface area (Å²) in [6.07, 6.45) is -5.57. The molecule has 0 saturated heterocycles. The van der Waals surface area contributed by atoms with Crippen LogP contribution < -0.4 is 5.32 Å². The van der Waals surface area contributed by atoms with Crippen molar-refractivity contribution in [3.63, 3.8) is 0 Å². The van der Waals surface area contributed by atoms with Crippen LogP contribution in [0.5, 0.6) is 0 Å². The number of anilines is 1. The van der Waals surface area contributed by atoms with Crippen molar-refractivity contribution < 1.29 is 22.7 Å². The number of aryl methyl sites for hydroxylation is 1. The van der Waals surface area contributed by atoms with Gasteiger partial charge in [-0.05, 0) is 61.1 Å². The Hall–Kier alpha value is -0.990. The third kappa shape index (κ3) is 4.55. The number of amides is 1. The number of rotatable bonds is 2. The van der Waals surface area contributed by atoms with E-state index in [1.54, 1.807) is 13.8 Å². The standard InChI is InChI=1S/C12H13F3INO2/c1-6(2)19-11(18)17-10-5-8(12(13,14)15)7(3)4-9(10)16/h4-6H,1-3H3,(H,17,18). The normalized spacial score (nSPS) is 11.6. The summed E-state index contributed by atoms with van der Waals surface area (Å²) >= 11 is 1.86. The molecule has 0 aliphatic rings. The van der Waals surface area contributed by atoms with Gasteiger partial charge >= 0.3 is 12.3 Å². The molecule has 0 unspecified atom stereocenters. The van der Waals surface area contributed by atoms with Crippen molar-refractivity contribution >= 4 is 34.4 Å². The zero-order valence-electron chi connectivity index (χ0n) is 10.6. The molecule has 19 heavy (non-hydrogen) atoms. The van der Waals surface area contributed by atoms with Crippen LogP contribution in [0, 0.1) is 10.5 Å². The van der Waals surface area contributed by atoms with Gasteiger partial charge in [-0.15, -0.1) is 0 Å². The van der Waals surface area contributed by atoms with Crippen molar-refractivity contribution in [2.75, 3.05) is 5.32 Å². The zero-order valence-corrected chi connectivity index (χ0v) is 12.7. The second kappa shape index (κ2) is 5.98. The third-order valence-electron chi connectivity index (χ3n) is 2.20. The minimum absolute atomic E-state index is 0.0872. The molecule has 3 nitrogen and oxygen atoms in total. The van der Waals surface area contributed by atoms with E-state index in [0.29, 0.717) is 3.57 Å². The lowest BCUT2D eigenvalue weighted by atomic mass is 10.1. The first kappa shape index (κ1) is 16.1. The zero-order chi connectivity index (χ0) is 14.8. The number of hydrogen-bond acceptors (Lipinski definition) is 2. The highest BCUT2D eigenvalue weighted by Gasteiger charge is 2.33. The first-order valence-corrected chi connectivity index (χ1v) is 6.54. The van der Waals surface area contributed by atoms with Crippen molar-refractivity contribution in [3.05, 3.63) is 26.8 Å². The van der Waals surface area contributed by atoms with Crippen molar-refractivity contribution in [2.45, 2.75) is 33.1 Å². The van der Waals surface area contributed by atoms with Gasteiger partial charge in [0.25, 0.3) is 0 Å². The lowest BCUT2D eigenvalue weighted by Crippen LogP contribution is -2.19. The lowest BCUT2D eigenvalue weighted by Gasteiger charge is -2.15. The van der Waals surface area contributed by atoms with Gasteiger partial charge < -0.3 is 4.74 Å². The first-order chi connectivity index (χ1) is 8.61. The summed E-state index contributed by atoms with van der Waals surface area (Å²) < 4.78 is 43.6. The van der Waals surface area contributed by atoms with E-state index in [1.165, 1.54) is 13.0 Å². The Balaban J connectivity index is 3.05. The highest BCUT2D eigenvalue weighted by molar-refractivity contribution is 14.1. The van der Waals surface area contributed by atoms with E-state index >= 15 is 0 Å². The van der Waals surface area contributed by atoms with Gasteiger partial charge in [0.05, 0.1) is 17.4 Å². The number of halogens is 4. The quantitative estimate of drug-likeness (QED) is 0.755. The Morgan fingerprint density at radius 2 is 1.95 bits per heavy atom. The number of benzene rings is 1. The molecular weight excluding hydrogens is 374 g/mol. The van der Waals surface area contributed by atoms with Crippen molar-refractivity contribution in [3.8, 4) is 0 Å². The van der Waals surface area contributed by atoms with Crippen molar-refractivity contribution in [1.82, 2.24) is 0 Å². The Morgan fingerprint density at radius 3 is 2.42 bits per heavy atom. The minimum atomic E-state index is -4.45. The summed E-state index contributed by atoms with van der Waals surface area (Å²) in [7, 11) is 0. The molecule has 0 heterocycles. The summed E-state index contributed by atoms with van der Waals surface area (Å²) in [6, 6.07) is 2.28. The number of carbonyl (C=O) groups excluding carboxylic acids is 1. The van der Waals surface area contributed by atoms with Crippen LogP contribution in [0.3, 0.4) is 0 Å². The minimum Gasteiger partial charge on any atom is -0.447 e. The molecule has 1 aromatic carbocycles. The summed E-state index contributed by atoms with van der Waals surface area (Å²) in [5, 5.41) is 2.31. The summed E-state index contributed by atoms with van der Waals surface area (Å²) in [4.78, 5) is 11.4. The predicted octanol–water partition coefficient (Wildman–Crippen LogP) is 4.58. The molecule has 1 rings (SSSR count). The second-order valence-corrected chi connectivity index (χ2v) is 5.39. The maximum absolute atomic E-state index is 12.8. The smallest absolute Gasteiger partial charge is 0.416 e. The molecule has 0 aliphatic carbocycles. The van der Waals surface area contributed by atoms with Gasteiger partial charge in [0.2, 0.25) is 0 Å². The molecule has 0 fully saturated rings. The van der Waals surface area contributed by atoms with Crippen LogP contribution in [0.15, 0.2) is 12.1 Å². The monoisotopic (exact) mass is 387 g/mol. The number of nitrogens with one attached hydrogen (secondary N) is 1. The molecule has 1 amide bonds. The van der Waals surface area contributed by atoms with Crippen LogP contribution in [0.1, 0.15) is 25.0 Å². The van der Waals surface area contributed by atoms with Crippen molar-refractivity contribution in [1.29, 1.82) is 0 Å². The SMILES string of the molecule is Cc1cc(I)c(NC(=O)OC(C)C)cc1C(F)(F)F. The highest BCUT2D eigenvalue weighted by atomic mass is 127. The van der Waals surface area contributed by atoms with Crippen LogP contribution in [0.2, 0.25) is 0 Å². The Labute approximate surface area is 122 Å². The second-order valence-electron chi connectivity index (χ2n) is 4.22. The number of ether oxygens (including phenoxy) is 1. The van der Waals surface area contributed by atoms with Crippen LogP contribution in [0.4, 0.5) is 23.7 Å².